The molecular weight excluding hydrogens is 363 g/mol. The molecule has 5 heteroatoms. The molecule has 2 N–H and O–H groups in total. The molecule has 1 amide bonds. The highest BCUT2D eigenvalue weighted by molar-refractivity contribution is 14.1. The molecule has 1 aromatic rings. The molecule has 1 aromatic carbocycles. The van der Waals surface area contributed by atoms with Crippen LogP contribution in [-0.4, -0.2) is 25.5 Å². The number of carbonyl (C=O) groups excluding carboxylic acids is 1. The highest BCUT2D eigenvalue weighted by Gasteiger charge is 2.14. The molecule has 1 aliphatic rings. The Morgan fingerprint density at radius 2 is 2.17 bits per heavy atom. The molecule has 0 aromatic heterocycles. The van der Waals surface area contributed by atoms with Gasteiger partial charge in [0.1, 0.15) is 0 Å². The third-order valence-electron chi connectivity index (χ3n) is 3.19. The molecule has 0 spiro atoms. The van der Waals surface area contributed by atoms with Gasteiger partial charge in [-0.2, -0.15) is 0 Å². The number of hydrogen-bond acceptors (Lipinski definition) is 2. The quantitative estimate of drug-likeness (QED) is 0.794. The van der Waals surface area contributed by atoms with Gasteiger partial charge in [-0.1, -0.05) is 11.6 Å². The van der Waals surface area contributed by atoms with E-state index in [4.69, 9.17) is 11.6 Å². The van der Waals surface area contributed by atoms with Crippen LogP contribution in [0, 0.1) is 9.49 Å². The zero-order valence-electron chi connectivity index (χ0n) is 10.0. The van der Waals surface area contributed by atoms with E-state index in [1.54, 1.807) is 6.07 Å². The minimum atomic E-state index is -0.0353. The van der Waals surface area contributed by atoms with Crippen LogP contribution in [0.1, 0.15) is 23.2 Å². The topological polar surface area (TPSA) is 41.1 Å². The third-order valence-corrected chi connectivity index (χ3v) is 4.76. The molecule has 3 nitrogen and oxygen atoms in total. The molecule has 0 radical (unpaired) electrons. The van der Waals surface area contributed by atoms with Crippen LogP contribution in [0.2, 0.25) is 5.02 Å². The maximum absolute atomic E-state index is 12.0. The van der Waals surface area contributed by atoms with Crippen molar-refractivity contribution in [1.29, 1.82) is 0 Å². The van der Waals surface area contributed by atoms with Crippen molar-refractivity contribution in [1.82, 2.24) is 10.6 Å². The number of benzene rings is 1. The van der Waals surface area contributed by atoms with Gasteiger partial charge >= 0.3 is 0 Å². The third kappa shape index (κ3) is 3.83. The fraction of sp³-hybridized carbons (Fsp3) is 0.462. The minimum absolute atomic E-state index is 0.0353. The predicted molar refractivity (Wildman–Crippen MR) is 82.1 cm³/mol. The molecule has 1 fully saturated rings. The molecule has 0 saturated carbocycles. The van der Waals surface area contributed by atoms with Crippen molar-refractivity contribution in [3.05, 3.63) is 32.4 Å². The van der Waals surface area contributed by atoms with E-state index in [0.717, 1.165) is 36.0 Å². The average molecular weight is 379 g/mol. The van der Waals surface area contributed by atoms with Gasteiger partial charge in [0.2, 0.25) is 0 Å². The second kappa shape index (κ2) is 6.73. The van der Waals surface area contributed by atoms with Crippen molar-refractivity contribution in [2.75, 3.05) is 19.6 Å². The first-order valence-electron chi connectivity index (χ1n) is 6.11. The largest absolute Gasteiger partial charge is 0.352 e. The Hall–Kier alpha value is -0.330. The van der Waals surface area contributed by atoms with Gasteiger partial charge in [-0.15, -0.1) is 0 Å². The zero-order valence-corrected chi connectivity index (χ0v) is 12.9. The van der Waals surface area contributed by atoms with Crippen LogP contribution >= 0.6 is 34.2 Å². The number of rotatable bonds is 3. The summed E-state index contributed by atoms with van der Waals surface area (Å²) in [6, 6.07) is 5.40. The normalized spacial score (nSPS) is 16.6. The lowest BCUT2D eigenvalue weighted by molar-refractivity contribution is 0.0944. The van der Waals surface area contributed by atoms with E-state index in [1.807, 2.05) is 12.1 Å². The summed E-state index contributed by atoms with van der Waals surface area (Å²) in [6.07, 6.45) is 2.27. The van der Waals surface area contributed by atoms with Crippen molar-refractivity contribution in [3.63, 3.8) is 0 Å². The van der Waals surface area contributed by atoms with Crippen LogP contribution in [0.5, 0.6) is 0 Å². The van der Waals surface area contributed by atoms with Crippen molar-refractivity contribution < 1.29 is 4.79 Å². The average Bonchev–Trinajstić information content (AvgIpc) is 2.40. The molecule has 98 valence electrons. The molecular formula is C13H16ClIN2O. The summed E-state index contributed by atoms with van der Waals surface area (Å²) >= 11 is 8.16. The van der Waals surface area contributed by atoms with Gasteiger partial charge in [0.25, 0.3) is 5.91 Å². The maximum atomic E-state index is 12.0. The second-order valence-electron chi connectivity index (χ2n) is 4.53. The Kier molecular flexibility index (Phi) is 5.26. The predicted octanol–water partition coefficient (Wildman–Crippen LogP) is 2.67. The summed E-state index contributed by atoms with van der Waals surface area (Å²) in [5.74, 6) is 0.557. The molecule has 1 aliphatic heterocycles. The van der Waals surface area contributed by atoms with E-state index in [2.05, 4.69) is 33.2 Å². The van der Waals surface area contributed by atoms with Crippen LogP contribution in [0.15, 0.2) is 18.2 Å². The van der Waals surface area contributed by atoms with Crippen LogP contribution in [-0.2, 0) is 0 Å². The van der Waals surface area contributed by atoms with Gasteiger partial charge in [0, 0.05) is 15.7 Å². The summed E-state index contributed by atoms with van der Waals surface area (Å²) in [7, 11) is 0. The van der Waals surface area contributed by atoms with Gasteiger partial charge in [-0.05, 0) is 72.6 Å². The number of halogens is 2. The summed E-state index contributed by atoms with van der Waals surface area (Å²) in [4.78, 5) is 12.0. The van der Waals surface area contributed by atoms with Gasteiger partial charge in [0.15, 0.2) is 0 Å². The highest BCUT2D eigenvalue weighted by Crippen LogP contribution is 2.19. The first kappa shape index (κ1) is 14.1. The Morgan fingerprint density at radius 3 is 2.83 bits per heavy atom. The van der Waals surface area contributed by atoms with E-state index in [-0.39, 0.29) is 5.91 Å². The van der Waals surface area contributed by atoms with Crippen LogP contribution in [0.4, 0.5) is 0 Å². The number of nitrogens with one attached hydrogen (secondary N) is 2. The Bertz CT molecular complexity index is 433. The number of hydrogen-bond donors (Lipinski definition) is 2. The second-order valence-corrected chi connectivity index (χ2v) is 6.10. The molecule has 0 aliphatic carbocycles. The SMILES string of the molecule is O=C(NCC1CCNCC1)c1ccc(I)c(Cl)c1. The fourth-order valence-corrected chi connectivity index (χ4v) is 2.58. The fourth-order valence-electron chi connectivity index (χ4n) is 2.06. The summed E-state index contributed by atoms with van der Waals surface area (Å²) < 4.78 is 0.962. The van der Waals surface area contributed by atoms with Crippen molar-refractivity contribution in [2.45, 2.75) is 12.8 Å². The number of piperidine rings is 1. The van der Waals surface area contributed by atoms with E-state index in [1.165, 1.54) is 0 Å². The summed E-state index contributed by atoms with van der Waals surface area (Å²) in [5.41, 5.74) is 0.634. The Labute approximate surface area is 126 Å². The summed E-state index contributed by atoms with van der Waals surface area (Å²) in [5, 5.41) is 6.93. The molecule has 1 saturated heterocycles. The van der Waals surface area contributed by atoms with Gasteiger partial charge < -0.3 is 10.6 Å². The van der Waals surface area contributed by atoms with Crippen LogP contribution < -0.4 is 10.6 Å². The minimum Gasteiger partial charge on any atom is -0.352 e. The standard InChI is InChI=1S/C13H16ClIN2O/c14-11-7-10(1-2-12(11)15)13(18)17-8-9-3-5-16-6-4-9/h1-2,7,9,16H,3-6,8H2,(H,17,18). The van der Waals surface area contributed by atoms with E-state index in [9.17, 15) is 4.79 Å². The smallest absolute Gasteiger partial charge is 0.251 e. The van der Waals surface area contributed by atoms with Crippen LogP contribution in [0.3, 0.4) is 0 Å². The number of amides is 1. The lowest BCUT2D eigenvalue weighted by Crippen LogP contribution is -2.35. The summed E-state index contributed by atoms with van der Waals surface area (Å²) in [6.45, 7) is 2.86. The van der Waals surface area contributed by atoms with Crippen molar-refractivity contribution in [2.24, 2.45) is 5.92 Å². The molecule has 0 unspecified atom stereocenters. The highest BCUT2D eigenvalue weighted by atomic mass is 127. The van der Waals surface area contributed by atoms with Gasteiger partial charge in [-0.25, -0.2) is 0 Å². The van der Waals surface area contributed by atoms with Gasteiger partial charge in [0.05, 0.1) is 5.02 Å². The zero-order chi connectivity index (χ0) is 13.0. The number of carbonyl (C=O) groups is 1. The van der Waals surface area contributed by atoms with E-state index < -0.39 is 0 Å². The van der Waals surface area contributed by atoms with Crippen molar-refractivity contribution >= 4 is 40.1 Å². The Morgan fingerprint density at radius 1 is 1.44 bits per heavy atom. The first-order valence-corrected chi connectivity index (χ1v) is 7.56. The molecule has 2 rings (SSSR count). The lowest BCUT2D eigenvalue weighted by Gasteiger charge is -2.22. The molecule has 1 heterocycles. The first-order chi connectivity index (χ1) is 8.66. The van der Waals surface area contributed by atoms with Crippen molar-refractivity contribution in [3.8, 4) is 0 Å². The molecule has 18 heavy (non-hydrogen) atoms. The molecule has 0 atom stereocenters. The Balaban J connectivity index is 1.88. The van der Waals surface area contributed by atoms with E-state index >= 15 is 0 Å². The lowest BCUT2D eigenvalue weighted by atomic mass is 9.98. The van der Waals surface area contributed by atoms with E-state index in [0.29, 0.717) is 16.5 Å². The monoisotopic (exact) mass is 378 g/mol. The maximum Gasteiger partial charge on any atom is 0.251 e. The van der Waals surface area contributed by atoms with Gasteiger partial charge in [-0.3, -0.25) is 4.79 Å². The van der Waals surface area contributed by atoms with Crippen LogP contribution in [0.25, 0.3) is 0 Å². The molecule has 0 bridgehead atoms.